The molecule has 3 aromatic rings. The van der Waals surface area contributed by atoms with Crippen LogP contribution in [0.3, 0.4) is 0 Å². The molecule has 1 aliphatic carbocycles. The van der Waals surface area contributed by atoms with Crippen LogP contribution in [0.25, 0.3) is 11.4 Å². The maximum Gasteiger partial charge on any atom is 0.303 e. The highest BCUT2D eigenvalue weighted by Crippen LogP contribution is 2.37. The number of aliphatic carboxylic acids is 1. The highest BCUT2D eigenvalue weighted by atomic mass is 19.1. The molecule has 2 aromatic carbocycles. The molecule has 172 valence electrons. The van der Waals surface area contributed by atoms with E-state index >= 15 is 0 Å². The van der Waals surface area contributed by atoms with Crippen molar-refractivity contribution in [2.75, 3.05) is 13.2 Å². The number of rotatable bonds is 10. The smallest absolute Gasteiger partial charge is 0.303 e. The Kier molecular flexibility index (Phi) is 7.29. The first-order valence-electron chi connectivity index (χ1n) is 11.3. The van der Waals surface area contributed by atoms with Crippen LogP contribution < -0.4 is 10.1 Å². The van der Waals surface area contributed by atoms with Crippen LogP contribution in [0.5, 0.6) is 5.75 Å². The first-order valence-corrected chi connectivity index (χ1v) is 11.3. The van der Waals surface area contributed by atoms with Crippen LogP contribution in [0.4, 0.5) is 4.39 Å². The number of carbonyl (C=O) groups is 1. The maximum absolute atomic E-state index is 13.2. The van der Waals surface area contributed by atoms with Crippen LogP contribution in [0.2, 0.25) is 0 Å². The van der Waals surface area contributed by atoms with Gasteiger partial charge in [-0.25, -0.2) is 14.4 Å². The second-order valence-electron chi connectivity index (χ2n) is 8.40. The molecule has 2 N–H and O–H groups in total. The van der Waals surface area contributed by atoms with E-state index in [1.807, 2.05) is 31.2 Å². The highest BCUT2D eigenvalue weighted by Gasteiger charge is 2.24. The lowest BCUT2D eigenvalue weighted by Crippen LogP contribution is -2.18. The molecule has 0 fully saturated rings. The molecule has 1 aromatic heterocycles. The number of benzene rings is 2. The molecular weight excluding hydrogens is 421 g/mol. The molecule has 0 radical (unpaired) electrons. The molecule has 0 amide bonds. The molecule has 0 saturated carbocycles. The summed E-state index contributed by atoms with van der Waals surface area (Å²) in [7, 11) is 0. The fourth-order valence-electron chi connectivity index (χ4n) is 4.25. The van der Waals surface area contributed by atoms with Gasteiger partial charge in [0.15, 0.2) is 5.82 Å². The van der Waals surface area contributed by atoms with Crippen LogP contribution in [0.15, 0.2) is 48.5 Å². The fraction of sp³-hybridized carbons (Fsp3) is 0.346. The second kappa shape index (κ2) is 10.5. The number of fused-ring (bicyclic) bond motifs is 1. The number of carboxylic acids is 1. The van der Waals surface area contributed by atoms with Gasteiger partial charge in [0.05, 0.1) is 18.7 Å². The molecule has 33 heavy (non-hydrogen) atoms. The monoisotopic (exact) mass is 449 g/mol. The third-order valence-electron chi connectivity index (χ3n) is 5.82. The van der Waals surface area contributed by atoms with Gasteiger partial charge in [-0.2, -0.15) is 0 Å². The maximum atomic E-state index is 13.2. The lowest BCUT2D eigenvalue weighted by molar-refractivity contribution is -0.137. The normalized spacial score (nSPS) is 14.8. The minimum absolute atomic E-state index is 0.116. The third kappa shape index (κ3) is 6.14. The van der Waals surface area contributed by atoms with Crippen molar-refractivity contribution in [2.45, 2.75) is 45.1 Å². The molecule has 1 heterocycles. The lowest BCUT2D eigenvalue weighted by Gasteiger charge is -2.11. The first kappa shape index (κ1) is 22.9. The standard InChI is InChI=1S/C26H28FN3O3/c1-17-13-22(30-26(29-17)18-5-7-21(27)8-6-18)16-28-11-2-12-33-23-9-10-24-19(14-23)3-4-20(24)15-25(31)32/h5-10,13-14,20,28H,2-4,11-12,15-16H2,1H3,(H,31,32)/t20-/m0/s1. The summed E-state index contributed by atoms with van der Waals surface area (Å²) in [6, 6.07) is 14.1. The van der Waals surface area contributed by atoms with E-state index in [1.54, 1.807) is 12.1 Å². The number of ether oxygens (including phenoxy) is 1. The molecule has 6 nitrogen and oxygen atoms in total. The molecule has 4 rings (SSSR count). The molecule has 1 atom stereocenters. The van der Waals surface area contributed by atoms with E-state index in [9.17, 15) is 9.18 Å². The lowest BCUT2D eigenvalue weighted by atomic mass is 9.98. The highest BCUT2D eigenvalue weighted by molar-refractivity contribution is 5.68. The van der Waals surface area contributed by atoms with Gasteiger partial charge < -0.3 is 15.2 Å². The number of carboxylic acid groups (broad SMARTS) is 1. The van der Waals surface area contributed by atoms with Crippen LogP contribution in [0.1, 0.15) is 47.7 Å². The van der Waals surface area contributed by atoms with Gasteiger partial charge in [-0.3, -0.25) is 4.79 Å². The predicted molar refractivity (Wildman–Crippen MR) is 124 cm³/mol. The Morgan fingerprint density at radius 3 is 2.79 bits per heavy atom. The zero-order chi connectivity index (χ0) is 23.2. The van der Waals surface area contributed by atoms with Crippen LogP contribution in [0, 0.1) is 12.7 Å². The van der Waals surface area contributed by atoms with E-state index < -0.39 is 5.97 Å². The predicted octanol–water partition coefficient (Wildman–Crippen LogP) is 4.65. The zero-order valence-electron chi connectivity index (χ0n) is 18.7. The molecule has 0 unspecified atom stereocenters. The molecule has 0 spiro atoms. The van der Waals surface area contributed by atoms with E-state index in [-0.39, 0.29) is 18.2 Å². The van der Waals surface area contributed by atoms with Crippen molar-refractivity contribution in [3.8, 4) is 17.1 Å². The van der Waals surface area contributed by atoms with Crippen molar-refractivity contribution < 1.29 is 19.0 Å². The Balaban J connectivity index is 1.22. The van der Waals surface area contributed by atoms with Gasteiger partial charge in [0, 0.05) is 17.8 Å². The fourth-order valence-corrected chi connectivity index (χ4v) is 4.25. The summed E-state index contributed by atoms with van der Waals surface area (Å²) in [6.07, 6.45) is 2.83. The average molecular weight is 450 g/mol. The van der Waals surface area contributed by atoms with Gasteiger partial charge >= 0.3 is 5.97 Å². The van der Waals surface area contributed by atoms with E-state index in [4.69, 9.17) is 9.84 Å². The van der Waals surface area contributed by atoms with E-state index in [2.05, 4.69) is 15.3 Å². The molecule has 0 bridgehead atoms. The Hall–Kier alpha value is -3.32. The SMILES string of the molecule is Cc1cc(CNCCCOc2ccc3c(c2)CC[C@H]3CC(=O)O)nc(-c2ccc(F)cc2)n1. The van der Waals surface area contributed by atoms with E-state index in [0.29, 0.717) is 19.0 Å². The summed E-state index contributed by atoms with van der Waals surface area (Å²) < 4.78 is 19.1. The van der Waals surface area contributed by atoms with Crippen molar-refractivity contribution in [1.82, 2.24) is 15.3 Å². The minimum atomic E-state index is -0.746. The van der Waals surface area contributed by atoms with Gasteiger partial charge in [-0.1, -0.05) is 6.07 Å². The summed E-state index contributed by atoms with van der Waals surface area (Å²) in [5.74, 6) is 0.518. The van der Waals surface area contributed by atoms with Crippen molar-refractivity contribution >= 4 is 5.97 Å². The summed E-state index contributed by atoms with van der Waals surface area (Å²) >= 11 is 0. The molecule has 0 aliphatic heterocycles. The number of hydrogen-bond acceptors (Lipinski definition) is 5. The van der Waals surface area contributed by atoms with Gasteiger partial charge in [-0.05, 0) is 92.2 Å². The van der Waals surface area contributed by atoms with E-state index in [0.717, 1.165) is 54.1 Å². The largest absolute Gasteiger partial charge is 0.494 e. The number of nitrogens with zero attached hydrogens (tertiary/aromatic N) is 2. The van der Waals surface area contributed by atoms with Crippen LogP contribution in [-0.4, -0.2) is 34.2 Å². The van der Waals surface area contributed by atoms with Gasteiger partial charge in [0.1, 0.15) is 11.6 Å². The molecule has 7 heteroatoms. The Labute approximate surface area is 192 Å². The van der Waals surface area contributed by atoms with Crippen molar-refractivity contribution in [2.24, 2.45) is 0 Å². The van der Waals surface area contributed by atoms with Crippen LogP contribution in [-0.2, 0) is 17.8 Å². The minimum Gasteiger partial charge on any atom is -0.494 e. The number of halogens is 1. The average Bonchev–Trinajstić information content (AvgIpc) is 3.17. The quantitative estimate of drug-likeness (QED) is 0.438. The molecular formula is C26H28FN3O3. The van der Waals surface area contributed by atoms with Gasteiger partial charge in [-0.15, -0.1) is 0 Å². The zero-order valence-corrected chi connectivity index (χ0v) is 18.7. The first-order chi connectivity index (χ1) is 16.0. The summed E-state index contributed by atoms with van der Waals surface area (Å²) in [4.78, 5) is 20.1. The third-order valence-corrected chi connectivity index (χ3v) is 5.82. The number of nitrogens with one attached hydrogen (secondary N) is 1. The summed E-state index contributed by atoms with van der Waals surface area (Å²) in [5.41, 5.74) is 4.89. The molecule has 0 saturated heterocycles. The topological polar surface area (TPSA) is 84.3 Å². The van der Waals surface area contributed by atoms with Crippen molar-refractivity contribution in [3.63, 3.8) is 0 Å². The van der Waals surface area contributed by atoms with Gasteiger partial charge in [0.25, 0.3) is 0 Å². The summed E-state index contributed by atoms with van der Waals surface area (Å²) in [6.45, 7) is 3.91. The van der Waals surface area contributed by atoms with Crippen LogP contribution >= 0.6 is 0 Å². The van der Waals surface area contributed by atoms with Crippen molar-refractivity contribution in [1.29, 1.82) is 0 Å². The van der Waals surface area contributed by atoms with Crippen molar-refractivity contribution in [3.05, 3.63) is 76.9 Å². The Bertz CT molecular complexity index is 1120. The number of aryl methyl sites for hydroxylation is 2. The number of hydrogen-bond donors (Lipinski definition) is 2. The second-order valence-corrected chi connectivity index (χ2v) is 8.40. The summed E-state index contributed by atoms with van der Waals surface area (Å²) in [5, 5.41) is 12.4. The Morgan fingerprint density at radius 2 is 2.00 bits per heavy atom. The Morgan fingerprint density at radius 1 is 1.18 bits per heavy atom. The van der Waals surface area contributed by atoms with Gasteiger partial charge in [0.2, 0.25) is 0 Å². The number of aromatic nitrogens is 2. The molecule has 1 aliphatic rings. The van der Waals surface area contributed by atoms with E-state index in [1.165, 1.54) is 17.7 Å².